The second-order valence-corrected chi connectivity index (χ2v) is 2.88. The van der Waals surface area contributed by atoms with Crippen LogP contribution in [0.5, 0.6) is 0 Å². The zero-order valence-electron chi connectivity index (χ0n) is 6.00. The molecule has 1 fully saturated rings. The van der Waals surface area contributed by atoms with E-state index in [9.17, 15) is 5.11 Å². The predicted octanol–water partition coefficient (Wildman–Crippen LogP) is 0.935. The summed E-state index contributed by atoms with van der Waals surface area (Å²) in [5.41, 5.74) is 0. The molecule has 2 nitrogen and oxygen atoms in total. The topological polar surface area (TPSA) is 29.5 Å². The molecule has 1 aliphatic heterocycles. The van der Waals surface area contributed by atoms with Gasteiger partial charge in [0, 0.05) is 0 Å². The van der Waals surface area contributed by atoms with Gasteiger partial charge in [0.25, 0.3) is 0 Å². The molecule has 0 amide bonds. The molecule has 0 aliphatic carbocycles. The van der Waals surface area contributed by atoms with E-state index >= 15 is 0 Å². The Labute approximate surface area is 55.8 Å². The normalized spacial score (nSPS) is 45.0. The zero-order chi connectivity index (χ0) is 6.85. The fourth-order valence-corrected chi connectivity index (χ4v) is 1.37. The Bertz CT molecular complexity index is 67.9. The minimum atomic E-state index is -0.135. The molecule has 0 aromatic carbocycles. The molecule has 54 valence electrons. The fraction of sp³-hybridized carbons (Fsp3) is 1.00. The second-order valence-electron chi connectivity index (χ2n) is 2.88. The smallest absolute Gasteiger partial charge is 0.0589 e. The van der Waals surface area contributed by atoms with Gasteiger partial charge in [0.1, 0.15) is 0 Å². The van der Waals surface area contributed by atoms with Crippen molar-refractivity contribution in [1.82, 2.24) is 0 Å². The van der Waals surface area contributed by atoms with Crippen LogP contribution < -0.4 is 0 Å². The first-order valence-electron chi connectivity index (χ1n) is 3.52. The van der Waals surface area contributed by atoms with Crippen LogP contribution in [-0.4, -0.2) is 23.4 Å². The molecule has 1 N–H and O–H groups in total. The minimum Gasteiger partial charge on any atom is -0.393 e. The number of aliphatic hydroxyl groups is 1. The molecule has 1 rings (SSSR count). The maximum absolute atomic E-state index is 9.17. The summed E-state index contributed by atoms with van der Waals surface area (Å²) < 4.78 is 5.40. The summed E-state index contributed by atoms with van der Waals surface area (Å²) in [4.78, 5) is 0. The molecular formula is C7H14O2. The highest BCUT2D eigenvalue weighted by molar-refractivity contribution is 4.71. The van der Waals surface area contributed by atoms with Crippen LogP contribution in [0.15, 0.2) is 0 Å². The maximum Gasteiger partial charge on any atom is 0.0589 e. The van der Waals surface area contributed by atoms with Gasteiger partial charge >= 0.3 is 0 Å². The Morgan fingerprint density at radius 2 is 1.67 bits per heavy atom. The van der Waals surface area contributed by atoms with Crippen molar-refractivity contribution in [3.63, 3.8) is 0 Å². The lowest BCUT2D eigenvalue weighted by Gasteiger charge is -2.28. The van der Waals surface area contributed by atoms with Crippen LogP contribution >= 0.6 is 0 Å². The van der Waals surface area contributed by atoms with Crippen LogP contribution in [0.25, 0.3) is 0 Å². The van der Waals surface area contributed by atoms with E-state index in [2.05, 4.69) is 0 Å². The highest BCUT2D eigenvalue weighted by Gasteiger charge is 2.21. The monoisotopic (exact) mass is 130 g/mol. The lowest BCUT2D eigenvalue weighted by Crippen LogP contribution is -2.32. The van der Waals surface area contributed by atoms with Gasteiger partial charge < -0.3 is 9.84 Å². The first kappa shape index (κ1) is 7.03. The summed E-state index contributed by atoms with van der Waals surface area (Å²) in [6, 6.07) is 0. The van der Waals surface area contributed by atoms with E-state index in [1.54, 1.807) is 0 Å². The van der Waals surface area contributed by atoms with Crippen molar-refractivity contribution in [3.05, 3.63) is 0 Å². The summed E-state index contributed by atoms with van der Waals surface area (Å²) in [6.45, 7) is 4.00. The summed E-state index contributed by atoms with van der Waals surface area (Å²) in [5, 5.41) is 9.17. The van der Waals surface area contributed by atoms with Gasteiger partial charge in [-0.15, -0.1) is 0 Å². The molecule has 1 aliphatic rings. The molecule has 0 bridgehead atoms. The highest BCUT2D eigenvalue weighted by atomic mass is 16.5. The first-order valence-corrected chi connectivity index (χ1v) is 3.52. The quantitative estimate of drug-likeness (QED) is 0.528. The maximum atomic E-state index is 9.17. The molecule has 0 aromatic heterocycles. The first-order chi connectivity index (χ1) is 4.18. The average molecular weight is 130 g/mol. The van der Waals surface area contributed by atoms with E-state index in [4.69, 9.17) is 4.74 Å². The molecule has 1 heterocycles. The van der Waals surface area contributed by atoms with Crippen LogP contribution in [-0.2, 0) is 4.74 Å². The highest BCUT2D eigenvalue weighted by Crippen LogP contribution is 2.18. The molecule has 2 heteroatoms. The van der Waals surface area contributed by atoms with Gasteiger partial charge in [-0.05, 0) is 26.7 Å². The number of aliphatic hydroxyl groups excluding tert-OH is 1. The Balaban J connectivity index is 2.34. The fourth-order valence-electron chi connectivity index (χ4n) is 1.37. The molecule has 9 heavy (non-hydrogen) atoms. The van der Waals surface area contributed by atoms with Crippen molar-refractivity contribution >= 4 is 0 Å². The van der Waals surface area contributed by atoms with E-state index in [1.165, 1.54) is 0 Å². The third kappa shape index (κ3) is 1.95. The van der Waals surface area contributed by atoms with Crippen LogP contribution in [0.1, 0.15) is 26.7 Å². The van der Waals surface area contributed by atoms with Crippen LogP contribution in [0.4, 0.5) is 0 Å². The van der Waals surface area contributed by atoms with Gasteiger partial charge in [0.2, 0.25) is 0 Å². The van der Waals surface area contributed by atoms with Crippen molar-refractivity contribution in [2.45, 2.75) is 45.0 Å². The van der Waals surface area contributed by atoms with E-state index in [-0.39, 0.29) is 18.3 Å². The largest absolute Gasteiger partial charge is 0.393 e. The van der Waals surface area contributed by atoms with Crippen molar-refractivity contribution in [2.24, 2.45) is 0 Å². The zero-order valence-corrected chi connectivity index (χ0v) is 6.00. The van der Waals surface area contributed by atoms with Gasteiger partial charge in [-0.1, -0.05) is 0 Å². The summed E-state index contributed by atoms with van der Waals surface area (Å²) >= 11 is 0. The summed E-state index contributed by atoms with van der Waals surface area (Å²) in [7, 11) is 0. The lowest BCUT2D eigenvalue weighted by atomic mass is 10.0. The van der Waals surface area contributed by atoms with Crippen LogP contribution in [0.3, 0.4) is 0 Å². The Kier molecular flexibility index (Phi) is 2.09. The molecule has 0 spiro atoms. The average Bonchev–Trinajstić information content (AvgIpc) is 1.59. The van der Waals surface area contributed by atoms with E-state index in [0.717, 1.165) is 12.8 Å². The van der Waals surface area contributed by atoms with Crippen molar-refractivity contribution in [3.8, 4) is 0 Å². The third-order valence-electron chi connectivity index (χ3n) is 1.67. The minimum absolute atomic E-state index is 0.135. The number of rotatable bonds is 0. The molecule has 0 radical (unpaired) electrons. The molecule has 0 saturated carbocycles. The Hall–Kier alpha value is -0.0800. The van der Waals surface area contributed by atoms with Gasteiger partial charge in [-0.2, -0.15) is 0 Å². The van der Waals surface area contributed by atoms with Crippen LogP contribution in [0, 0.1) is 0 Å². The van der Waals surface area contributed by atoms with Crippen molar-refractivity contribution in [1.29, 1.82) is 0 Å². The van der Waals surface area contributed by atoms with Gasteiger partial charge in [0.05, 0.1) is 18.3 Å². The number of hydrogen-bond donors (Lipinski definition) is 1. The third-order valence-corrected chi connectivity index (χ3v) is 1.67. The standard InChI is InChI=1S/C7H14O2/c1-5-3-7(8)4-6(2)9-5/h5-8H,3-4H2,1-2H3/t5-,6?,7?/m1/s1. The SMILES string of the molecule is CC1CC(O)C[C@@H](C)O1. The molecule has 0 aromatic rings. The van der Waals surface area contributed by atoms with Crippen LogP contribution in [0.2, 0.25) is 0 Å². The Morgan fingerprint density at radius 3 is 2.00 bits per heavy atom. The summed E-state index contributed by atoms with van der Waals surface area (Å²) in [5.74, 6) is 0. The Morgan fingerprint density at radius 1 is 1.22 bits per heavy atom. The van der Waals surface area contributed by atoms with Crippen molar-refractivity contribution < 1.29 is 9.84 Å². The van der Waals surface area contributed by atoms with E-state index in [1.807, 2.05) is 13.8 Å². The van der Waals surface area contributed by atoms with Gasteiger partial charge in [0.15, 0.2) is 0 Å². The number of ether oxygens (including phenoxy) is 1. The molecule has 1 saturated heterocycles. The lowest BCUT2D eigenvalue weighted by molar-refractivity contribution is -0.0791. The van der Waals surface area contributed by atoms with E-state index < -0.39 is 0 Å². The van der Waals surface area contributed by atoms with E-state index in [0.29, 0.717) is 0 Å². The van der Waals surface area contributed by atoms with Gasteiger partial charge in [-0.3, -0.25) is 0 Å². The van der Waals surface area contributed by atoms with Gasteiger partial charge in [-0.25, -0.2) is 0 Å². The predicted molar refractivity (Wildman–Crippen MR) is 35.2 cm³/mol. The second kappa shape index (κ2) is 2.67. The van der Waals surface area contributed by atoms with Crippen molar-refractivity contribution in [2.75, 3.05) is 0 Å². The summed E-state index contributed by atoms with van der Waals surface area (Å²) in [6.07, 6.45) is 1.94. The molecule has 3 atom stereocenters. The molecule has 2 unspecified atom stereocenters. The molecular weight excluding hydrogens is 116 g/mol. The number of hydrogen-bond acceptors (Lipinski definition) is 2.